The standard InChI is InChI=1S/C19H24ClN5O2S/c1-2-6-24(9-10-28(26)27)7-3-8-25-14-16(13-22-25)15-11-18-17(21-12-15)4-5-19(20)23-18/h4-5,11-14H,2-3,6-10H2,1H3,(H,26,27)/p-1. The van der Waals surface area contributed by atoms with Gasteiger partial charge in [0.05, 0.1) is 17.2 Å². The van der Waals surface area contributed by atoms with Crippen LogP contribution in [0.2, 0.25) is 5.15 Å². The van der Waals surface area contributed by atoms with Crippen molar-refractivity contribution in [2.75, 3.05) is 25.4 Å². The van der Waals surface area contributed by atoms with E-state index >= 15 is 0 Å². The molecule has 0 saturated heterocycles. The average molecular weight is 421 g/mol. The van der Waals surface area contributed by atoms with Crippen LogP contribution < -0.4 is 0 Å². The molecule has 0 N–H and O–H groups in total. The van der Waals surface area contributed by atoms with Gasteiger partial charge in [-0.25, -0.2) is 4.98 Å². The van der Waals surface area contributed by atoms with Crippen molar-refractivity contribution in [3.05, 3.63) is 41.9 Å². The number of aryl methyl sites for hydroxylation is 1. The van der Waals surface area contributed by atoms with Gasteiger partial charge in [0.25, 0.3) is 0 Å². The molecule has 28 heavy (non-hydrogen) atoms. The monoisotopic (exact) mass is 420 g/mol. The lowest BCUT2D eigenvalue weighted by molar-refractivity contribution is 0.277. The highest BCUT2D eigenvalue weighted by Gasteiger charge is 2.07. The van der Waals surface area contributed by atoms with Crippen molar-refractivity contribution in [3.8, 4) is 11.1 Å². The van der Waals surface area contributed by atoms with Gasteiger partial charge in [-0.1, -0.05) is 29.6 Å². The van der Waals surface area contributed by atoms with Gasteiger partial charge in [-0.15, -0.1) is 0 Å². The molecule has 0 saturated carbocycles. The fraction of sp³-hybridized carbons (Fsp3) is 0.421. The van der Waals surface area contributed by atoms with Crippen LogP contribution in [0.15, 0.2) is 36.8 Å². The minimum atomic E-state index is -1.99. The summed E-state index contributed by atoms with van der Waals surface area (Å²) in [6, 6.07) is 5.54. The summed E-state index contributed by atoms with van der Waals surface area (Å²) in [5, 5.41) is 4.88. The van der Waals surface area contributed by atoms with E-state index in [2.05, 4.69) is 26.9 Å². The van der Waals surface area contributed by atoms with E-state index in [1.807, 2.05) is 35.4 Å². The number of aromatic nitrogens is 4. The van der Waals surface area contributed by atoms with Crippen LogP contribution in [0.4, 0.5) is 0 Å². The molecule has 1 atom stereocenters. The van der Waals surface area contributed by atoms with E-state index in [0.717, 1.165) is 54.6 Å². The summed E-state index contributed by atoms with van der Waals surface area (Å²) < 4.78 is 23.5. The summed E-state index contributed by atoms with van der Waals surface area (Å²) >= 11 is 3.98. The van der Waals surface area contributed by atoms with E-state index < -0.39 is 11.1 Å². The van der Waals surface area contributed by atoms with Gasteiger partial charge in [-0.2, -0.15) is 5.10 Å². The lowest BCUT2D eigenvalue weighted by Gasteiger charge is -2.22. The lowest BCUT2D eigenvalue weighted by atomic mass is 10.1. The maximum absolute atomic E-state index is 10.8. The summed E-state index contributed by atoms with van der Waals surface area (Å²) in [4.78, 5) is 10.9. The van der Waals surface area contributed by atoms with E-state index in [1.54, 1.807) is 6.07 Å². The first-order chi connectivity index (χ1) is 13.5. The maximum Gasteiger partial charge on any atom is 0.129 e. The third-order valence-corrected chi connectivity index (χ3v) is 5.17. The number of hydrogen-bond donors (Lipinski definition) is 0. The molecule has 0 spiro atoms. The summed E-state index contributed by atoms with van der Waals surface area (Å²) in [6.45, 7) is 5.19. The Kier molecular flexibility index (Phi) is 7.50. The van der Waals surface area contributed by atoms with E-state index in [9.17, 15) is 8.76 Å². The fourth-order valence-corrected chi connectivity index (χ4v) is 3.65. The highest BCUT2D eigenvalue weighted by atomic mass is 35.5. The minimum absolute atomic E-state index is 0.179. The first-order valence-corrected chi connectivity index (χ1v) is 10.9. The molecule has 7 nitrogen and oxygen atoms in total. The predicted molar refractivity (Wildman–Crippen MR) is 111 cm³/mol. The van der Waals surface area contributed by atoms with Gasteiger partial charge in [-0.3, -0.25) is 13.9 Å². The summed E-state index contributed by atoms with van der Waals surface area (Å²) in [6.07, 6.45) is 7.53. The fourth-order valence-electron chi connectivity index (χ4n) is 3.09. The third kappa shape index (κ3) is 5.81. The average Bonchev–Trinajstić information content (AvgIpc) is 3.14. The van der Waals surface area contributed by atoms with Gasteiger partial charge < -0.3 is 9.45 Å². The molecule has 0 aromatic carbocycles. The van der Waals surface area contributed by atoms with E-state index in [4.69, 9.17) is 11.6 Å². The van der Waals surface area contributed by atoms with Crippen LogP contribution in [0.25, 0.3) is 22.2 Å². The van der Waals surface area contributed by atoms with Crippen LogP contribution in [-0.2, 0) is 17.6 Å². The third-order valence-electron chi connectivity index (χ3n) is 4.45. The molecule has 150 valence electrons. The van der Waals surface area contributed by atoms with Crippen molar-refractivity contribution in [2.24, 2.45) is 0 Å². The molecule has 0 bridgehead atoms. The van der Waals surface area contributed by atoms with Crippen molar-refractivity contribution in [1.82, 2.24) is 24.6 Å². The Hall–Kier alpha value is -1.87. The second-order valence-electron chi connectivity index (χ2n) is 6.59. The van der Waals surface area contributed by atoms with E-state index in [-0.39, 0.29) is 5.75 Å². The van der Waals surface area contributed by atoms with Crippen LogP contribution in [0, 0.1) is 0 Å². The Bertz CT molecular complexity index is 949. The highest BCUT2D eigenvalue weighted by molar-refractivity contribution is 7.79. The molecule has 0 amide bonds. The largest absolute Gasteiger partial charge is 0.772 e. The molecular weight excluding hydrogens is 398 g/mol. The number of fused-ring (bicyclic) bond motifs is 1. The molecule has 3 aromatic rings. The van der Waals surface area contributed by atoms with Crippen molar-refractivity contribution in [2.45, 2.75) is 26.3 Å². The number of pyridine rings is 2. The predicted octanol–water partition coefficient (Wildman–Crippen LogP) is 3.13. The molecule has 1 unspecified atom stereocenters. The zero-order chi connectivity index (χ0) is 19.9. The zero-order valence-corrected chi connectivity index (χ0v) is 17.3. The number of hydrogen-bond acceptors (Lipinski definition) is 6. The Labute approximate surface area is 172 Å². The molecule has 3 rings (SSSR count). The molecule has 0 fully saturated rings. The molecular formula is C19H23ClN5O2S-. The second-order valence-corrected chi connectivity index (χ2v) is 7.99. The molecule has 9 heteroatoms. The maximum atomic E-state index is 10.8. The summed E-state index contributed by atoms with van der Waals surface area (Å²) in [5.41, 5.74) is 3.47. The van der Waals surface area contributed by atoms with Gasteiger partial charge >= 0.3 is 0 Å². The molecule has 0 aliphatic heterocycles. The molecule has 0 aliphatic carbocycles. The lowest BCUT2D eigenvalue weighted by Crippen LogP contribution is -2.30. The first-order valence-electron chi connectivity index (χ1n) is 9.28. The van der Waals surface area contributed by atoms with Crippen molar-refractivity contribution in [1.29, 1.82) is 0 Å². The van der Waals surface area contributed by atoms with Gasteiger partial charge in [-0.05, 0) is 44.1 Å². The van der Waals surface area contributed by atoms with Crippen LogP contribution in [0.5, 0.6) is 0 Å². The Morgan fingerprint density at radius 1 is 1.18 bits per heavy atom. The number of nitrogens with zero attached hydrogens (tertiary/aromatic N) is 5. The molecule has 0 radical (unpaired) electrons. The van der Waals surface area contributed by atoms with Crippen molar-refractivity contribution < 1.29 is 8.76 Å². The quantitative estimate of drug-likeness (QED) is 0.370. The summed E-state index contributed by atoms with van der Waals surface area (Å²) in [7, 11) is 0. The smallest absolute Gasteiger partial charge is 0.129 e. The van der Waals surface area contributed by atoms with Crippen molar-refractivity contribution >= 4 is 33.7 Å². The summed E-state index contributed by atoms with van der Waals surface area (Å²) in [5.74, 6) is 0.179. The second kappa shape index (κ2) is 10.1. The normalized spacial score (nSPS) is 12.7. The molecule has 3 aromatic heterocycles. The topological polar surface area (TPSA) is 87.0 Å². The Morgan fingerprint density at radius 2 is 2.04 bits per heavy atom. The Morgan fingerprint density at radius 3 is 2.82 bits per heavy atom. The van der Waals surface area contributed by atoms with E-state index in [1.165, 1.54) is 0 Å². The van der Waals surface area contributed by atoms with Crippen molar-refractivity contribution in [3.63, 3.8) is 0 Å². The number of halogens is 1. The first kappa shape index (κ1) is 20.9. The van der Waals surface area contributed by atoms with Crippen LogP contribution >= 0.6 is 11.6 Å². The number of rotatable bonds is 10. The van der Waals surface area contributed by atoms with Crippen LogP contribution in [0.1, 0.15) is 19.8 Å². The Balaban J connectivity index is 1.60. The molecule has 0 aliphatic rings. The SMILES string of the molecule is CCCN(CCCn1cc(-c2cnc3ccc(Cl)nc3c2)cn1)CCS(=O)[O-]. The zero-order valence-electron chi connectivity index (χ0n) is 15.8. The van der Waals surface area contributed by atoms with Gasteiger partial charge in [0, 0.05) is 42.4 Å². The minimum Gasteiger partial charge on any atom is -0.772 e. The van der Waals surface area contributed by atoms with Gasteiger partial charge in [0.1, 0.15) is 5.15 Å². The highest BCUT2D eigenvalue weighted by Crippen LogP contribution is 2.22. The van der Waals surface area contributed by atoms with E-state index in [0.29, 0.717) is 11.7 Å². The van der Waals surface area contributed by atoms with Crippen LogP contribution in [-0.4, -0.2) is 58.8 Å². The van der Waals surface area contributed by atoms with Gasteiger partial charge in [0.15, 0.2) is 0 Å². The van der Waals surface area contributed by atoms with Crippen LogP contribution in [0.3, 0.4) is 0 Å². The van der Waals surface area contributed by atoms with Gasteiger partial charge in [0.2, 0.25) is 0 Å². The molecule has 3 heterocycles.